The molecule has 0 amide bonds. The van der Waals surface area contributed by atoms with Crippen LogP contribution in [-0.2, 0) is 9.53 Å². The summed E-state index contributed by atoms with van der Waals surface area (Å²) in [4.78, 5) is 11.1. The molecule has 0 saturated carbocycles. The lowest BCUT2D eigenvalue weighted by atomic mass is 10.2. The van der Waals surface area contributed by atoms with E-state index in [0.29, 0.717) is 6.61 Å². The van der Waals surface area contributed by atoms with Gasteiger partial charge in [-0.05, 0) is 36.8 Å². The molecule has 1 aromatic rings. The lowest BCUT2D eigenvalue weighted by Gasteiger charge is -2.04. The summed E-state index contributed by atoms with van der Waals surface area (Å²) >= 11 is 4.76. The fourth-order valence-corrected chi connectivity index (χ4v) is 1.49. The summed E-state index contributed by atoms with van der Waals surface area (Å²) in [6.07, 6.45) is 3.88. The molecular weight excluding hydrogens is 248 g/mol. The normalized spacial score (nSPS) is 10.3. The van der Waals surface area contributed by atoms with E-state index in [2.05, 4.69) is 5.32 Å². The number of thiocarbonyl (C=S) groups is 1. The Balaban J connectivity index is 2.59. The molecule has 3 N–H and O–H groups in total. The summed E-state index contributed by atoms with van der Waals surface area (Å²) in [6.45, 7) is 2.19. The zero-order chi connectivity index (χ0) is 13.4. The minimum Gasteiger partial charge on any atom is -0.466 e. The Morgan fingerprint density at radius 3 is 3.00 bits per heavy atom. The molecule has 0 heterocycles. The molecule has 5 heteroatoms. The molecule has 0 aliphatic rings. The van der Waals surface area contributed by atoms with E-state index in [1.807, 2.05) is 30.3 Å². The Hall–Kier alpha value is -1.88. The molecule has 1 aromatic carbocycles. The highest BCUT2D eigenvalue weighted by Crippen LogP contribution is 2.12. The van der Waals surface area contributed by atoms with Crippen LogP contribution in [0.5, 0.6) is 0 Å². The molecule has 0 aliphatic carbocycles. The van der Waals surface area contributed by atoms with Crippen molar-refractivity contribution in [3.05, 3.63) is 35.9 Å². The molecule has 0 fully saturated rings. The second kappa shape index (κ2) is 7.45. The lowest BCUT2D eigenvalue weighted by Crippen LogP contribution is -2.18. The van der Waals surface area contributed by atoms with Crippen molar-refractivity contribution in [1.82, 2.24) is 0 Å². The summed E-state index contributed by atoms with van der Waals surface area (Å²) < 4.78 is 4.82. The van der Waals surface area contributed by atoms with Gasteiger partial charge < -0.3 is 15.8 Å². The summed E-state index contributed by atoms with van der Waals surface area (Å²) in [5.41, 5.74) is 7.17. The number of benzene rings is 1. The molecule has 0 aliphatic heterocycles. The van der Waals surface area contributed by atoms with E-state index in [-0.39, 0.29) is 17.5 Å². The van der Waals surface area contributed by atoms with Gasteiger partial charge in [-0.2, -0.15) is 0 Å². The SMILES string of the molecule is CCOC(=O)CC=Cc1cccc(NC(N)=S)c1. The van der Waals surface area contributed by atoms with Gasteiger partial charge in [0.25, 0.3) is 0 Å². The van der Waals surface area contributed by atoms with Gasteiger partial charge in [0.05, 0.1) is 13.0 Å². The number of carbonyl (C=O) groups excluding carboxylic acids is 1. The number of anilines is 1. The van der Waals surface area contributed by atoms with Crippen molar-refractivity contribution in [2.75, 3.05) is 11.9 Å². The van der Waals surface area contributed by atoms with E-state index in [0.717, 1.165) is 11.3 Å². The first-order valence-corrected chi connectivity index (χ1v) is 6.01. The van der Waals surface area contributed by atoms with Crippen LogP contribution in [0.25, 0.3) is 6.08 Å². The molecule has 0 saturated heterocycles. The number of carbonyl (C=O) groups is 1. The number of esters is 1. The van der Waals surface area contributed by atoms with Crippen LogP contribution in [0, 0.1) is 0 Å². The molecule has 0 spiro atoms. The van der Waals surface area contributed by atoms with Gasteiger partial charge >= 0.3 is 5.97 Å². The van der Waals surface area contributed by atoms with E-state index >= 15 is 0 Å². The highest BCUT2D eigenvalue weighted by atomic mass is 32.1. The second-order valence-electron chi connectivity index (χ2n) is 3.53. The fourth-order valence-electron chi connectivity index (χ4n) is 1.37. The molecule has 0 bridgehead atoms. The zero-order valence-electron chi connectivity index (χ0n) is 10.2. The number of nitrogens with one attached hydrogen (secondary N) is 1. The largest absolute Gasteiger partial charge is 0.466 e. The van der Waals surface area contributed by atoms with Crippen LogP contribution in [0.4, 0.5) is 5.69 Å². The van der Waals surface area contributed by atoms with Crippen LogP contribution in [0.15, 0.2) is 30.3 Å². The molecule has 0 atom stereocenters. The minimum atomic E-state index is -0.230. The highest BCUT2D eigenvalue weighted by Gasteiger charge is 1.97. The van der Waals surface area contributed by atoms with Crippen LogP contribution in [0.3, 0.4) is 0 Å². The third-order valence-corrected chi connectivity index (χ3v) is 2.16. The van der Waals surface area contributed by atoms with Crippen LogP contribution in [-0.4, -0.2) is 17.7 Å². The topological polar surface area (TPSA) is 64.3 Å². The predicted molar refractivity (Wildman–Crippen MR) is 77.1 cm³/mol. The first kappa shape index (κ1) is 14.2. The van der Waals surface area contributed by atoms with Gasteiger partial charge in [-0.1, -0.05) is 24.3 Å². The van der Waals surface area contributed by atoms with Crippen LogP contribution >= 0.6 is 12.2 Å². The first-order chi connectivity index (χ1) is 8.61. The quantitative estimate of drug-likeness (QED) is 0.631. The fraction of sp³-hybridized carbons (Fsp3) is 0.231. The maximum absolute atomic E-state index is 11.1. The van der Waals surface area contributed by atoms with Gasteiger partial charge in [-0.25, -0.2) is 0 Å². The molecule has 18 heavy (non-hydrogen) atoms. The summed E-state index contributed by atoms with van der Waals surface area (Å²) in [5, 5.41) is 3.07. The molecule has 1 rings (SSSR count). The summed E-state index contributed by atoms with van der Waals surface area (Å²) in [7, 11) is 0. The average molecular weight is 264 g/mol. The highest BCUT2D eigenvalue weighted by molar-refractivity contribution is 7.80. The van der Waals surface area contributed by atoms with Crippen molar-refractivity contribution in [1.29, 1.82) is 0 Å². The van der Waals surface area contributed by atoms with Crippen LogP contribution < -0.4 is 11.1 Å². The number of hydrogen-bond donors (Lipinski definition) is 2. The van der Waals surface area contributed by atoms with Crippen LogP contribution in [0.2, 0.25) is 0 Å². The van der Waals surface area contributed by atoms with Gasteiger partial charge in [0, 0.05) is 5.69 Å². The van der Waals surface area contributed by atoms with Crippen molar-refractivity contribution in [3.63, 3.8) is 0 Å². The van der Waals surface area contributed by atoms with E-state index in [1.165, 1.54) is 0 Å². The standard InChI is InChI=1S/C13H16N2O2S/c1-2-17-12(16)8-4-6-10-5-3-7-11(9-10)15-13(14)18/h3-7,9H,2,8H2,1H3,(H3,14,15,18). The summed E-state index contributed by atoms with van der Waals surface area (Å²) in [6, 6.07) is 7.56. The lowest BCUT2D eigenvalue weighted by molar-refractivity contribution is -0.142. The first-order valence-electron chi connectivity index (χ1n) is 5.60. The van der Waals surface area contributed by atoms with Crippen LogP contribution in [0.1, 0.15) is 18.9 Å². The van der Waals surface area contributed by atoms with E-state index < -0.39 is 0 Å². The monoisotopic (exact) mass is 264 g/mol. The zero-order valence-corrected chi connectivity index (χ0v) is 11.0. The van der Waals surface area contributed by atoms with Crippen molar-refractivity contribution in [2.45, 2.75) is 13.3 Å². The Bertz CT molecular complexity index is 458. The van der Waals surface area contributed by atoms with Gasteiger partial charge in [0.2, 0.25) is 0 Å². The van der Waals surface area contributed by atoms with E-state index in [9.17, 15) is 4.79 Å². The third-order valence-electron chi connectivity index (χ3n) is 2.05. The van der Waals surface area contributed by atoms with E-state index in [1.54, 1.807) is 13.0 Å². The number of rotatable bonds is 5. The molecule has 0 radical (unpaired) electrons. The molecule has 0 unspecified atom stereocenters. The molecule has 0 aromatic heterocycles. The Kier molecular flexibility index (Phi) is 5.87. The van der Waals surface area contributed by atoms with Gasteiger partial charge in [-0.3, -0.25) is 4.79 Å². The Labute approximate surface area is 112 Å². The smallest absolute Gasteiger partial charge is 0.309 e. The number of hydrogen-bond acceptors (Lipinski definition) is 3. The number of ether oxygens (including phenoxy) is 1. The average Bonchev–Trinajstić information content (AvgIpc) is 2.29. The number of nitrogens with two attached hydrogens (primary N) is 1. The van der Waals surface area contributed by atoms with E-state index in [4.69, 9.17) is 22.7 Å². The maximum Gasteiger partial charge on any atom is 0.309 e. The van der Waals surface area contributed by atoms with Gasteiger partial charge in [0.15, 0.2) is 5.11 Å². The molecule has 96 valence electrons. The second-order valence-corrected chi connectivity index (χ2v) is 3.97. The third kappa shape index (κ3) is 5.45. The molecular formula is C13H16N2O2S. The Morgan fingerprint density at radius 2 is 2.33 bits per heavy atom. The molecule has 4 nitrogen and oxygen atoms in total. The Morgan fingerprint density at radius 1 is 1.56 bits per heavy atom. The predicted octanol–water partition coefficient (Wildman–Crippen LogP) is 2.31. The van der Waals surface area contributed by atoms with Crippen molar-refractivity contribution in [2.24, 2.45) is 5.73 Å². The van der Waals surface area contributed by atoms with Crippen molar-refractivity contribution in [3.8, 4) is 0 Å². The maximum atomic E-state index is 11.1. The minimum absolute atomic E-state index is 0.225. The summed E-state index contributed by atoms with van der Waals surface area (Å²) in [5.74, 6) is -0.230. The van der Waals surface area contributed by atoms with Crippen molar-refractivity contribution < 1.29 is 9.53 Å². The van der Waals surface area contributed by atoms with Gasteiger partial charge in [-0.15, -0.1) is 0 Å². The van der Waals surface area contributed by atoms with Gasteiger partial charge in [0.1, 0.15) is 0 Å². The van der Waals surface area contributed by atoms with Crippen molar-refractivity contribution >= 4 is 35.1 Å².